The number of anilines is 1. The third-order valence-electron chi connectivity index (χ3n) is 4.35. The first-order valence-electron chi connectivity index (χ1n) is 9.07. The Hall–Kier alpha value is -2.09. The van der Waals surface area contributed by atoms with Crippen molar-refractivity contribution >= 4 is 41.5 Å². The number of carbonyl (C=O) groups excluding carboxylic acids is 1. The molecule has 2 rings (SSSR count). The largest absolute Gasteiger partial charge is 0.370 e. The number of hydrogen-bond donors (Lipinski definition) is 3. The zero-order chi connectivity index (χ0) is 18.9. The second-order valence-electron chi connectivity index (χ2n) is 6.08. The summed E-state index contributed by atoms with van der Waals surface area (Å²) in [5, 5.41) is 5.90. The fraction of sp³-hybridized carbons (Fsp3) is 0.333. The molecule has 0 saturated carbocycles. The van der Waals surface area contributed by atoms with Crippen LogP contribution in [-0.4, -0.2) is 25.5 Å². The van der Waals surface area contributed by atoms with Gasteiger partial charge in [0.15, 0.2) is 5.96 Å². The Kier molecular flexibility index (Phi) is 9.85. The highest BCUT2D eigenvalue weighted by molar-refractivity contribution is 14.0. The van der Waals surface area contributed by atoms with Crippen LogP contribution in [0.15, 0.2) is 47.5 Å². The van der Waals surface area contributed by atoms with Crippen molar-refractivity contribution in [2.24, 2.45) is 10.7 Å². The van der Waals surface area contributed by atoms with Gasteiger partial charge in [-0.05, 0) is 48.1 Å². The number of nitrogens with one attached hydrogen (secondary N) is 2. The van der Waals surface area contributed by atoms with Crippen molar-refractivity contribution in [3.05, 3.63) is 64.7 Å². The van der Waals surface area contributed by atoms with E-state index in [-0.39, 0.29) is 29.9 Å². The minimum atomic E-state index is -0.0835. The summed E-state index contributed by atoms with van der Waals surface area (Å²) in [4.78, 5) is 16.1. The summed E-state index contributed by atoms with van der Waals surface area (Å²) in [7, 11) is 1.63. The Bertz CT molecular complexity index is 767. The van der Waals surface area contributed by atoms with Gasteiger partial charge in [-0.1, -0.05) is 44.2 Å². The van der Waals surface area contributed by atoms with Gasteiger partial charge >= 0.3 is 0 Å². The predicted octanol–water partition coefficient (Wildman–Crippen LogP) is 3.76. The third-order valence-corrected chi connectivity index (χ3v) is 4.35. The minimum Gasteiger partial charge on any atom is -0.370 e. The van der Waals surface area contributed by atoms with E-state index in [2.05, 4.69) is 47.7 Å². The lowest BCUT2D eigenvalue weighted by molar-refractivity contribution is 0.0963. The van der Waals surface area contributed by atoms with Crippen LogP contribution in [0.25, 0.3) is 0 Å². The number of carbonyl (C=O) groups is 1. The average molecular weight is 480 g/mol. The van der Waals surface area contributed by atoms with Gasteiger partial charge in [-0.15, -0.1) is 24.0 Å². The molecular weight excluding hydrogens is 451 g/mol. The molecule has 0 heterocycles. The predicted molar refractivity (Wildman–Crippen MR) is 124 cm³/mol. The minimum absolute atomic E-state index is 0. The lowest BCUT2D eigenvalue weighted by atomic mass is 10.0. The van der Waals surface area contributed by atoms with Crippen LogP contribution in [0, 0.1) is 0 Å². The summed E-state index contributed by atoms with van der Waals surface area (Å²) in [5.74, 6) is 0.336. The van der Waals surface area contributed by atoms with Crippen LogP contribution in [-0.2, 0) is 19.3 Å². The monoisotopic (exact) mass is 480 g/mol. The summed E-state index contributed by atoms with van der Waals surface area (Å²) in [6.07, 6.45) is 2.61. The molecule has 0 unspecified atom stereocenters. The topological polar surface area (TPSA) is 79.5 Å². The second kappa shape index (κ2) is 11.6. The maximum atomic E-state index is 11.7. The van der Waals surface area contributed by atoms with E-state index in [9.17, 15) is 4.79 Å². The normalized spacial score (nSPS) is 10.9. The molecule has 0 bridgehead atoms. The second-order valence-corrected chi connectivity index (χ2v) is 6.08. The first kappa shape index (κ1) is 23.0. The molecule has 2 aromatic carbocycles. The van der Waals surface area contributed by atoms with Crippen molar-refractivity contribution < 1.29 is 4.79 Å². The van der Waals surface area contributed by atoms with Gasteiger partial charge in [-0.25, -0.2) is 0 Å². The number of aryl methyl sites for hydroxylation is 2. The van der Waals surface area contributed by atoms with E-state index in [1.54, 1.807) is 13.1 Å². The number of amides is 1. The number of halogens is 1. The Balaban J connectivity index is 0.00000364. The van der Waals surface area contributed by atoms with Crippen LogP contribution in [0.5, 0.6) is 0 Å². The fourth-order valence-electron chi connectivity index (χ4n) is 2.89. The molecule has 1 amide bonds. The summed E-state index contributed by atoms with van der Waals surface area (Å²) in [6.45, 7) is 4.82. The van der Waals surface area contributed by atoms with E-state index in [0.717, 1.165) is 30.5 Å². The molecular formula is C21H29IN4O. The standard InChI is InChI=1S/C21H28N4O.HI/c1-4-16-9-7-10-17(5-2)19(16)25-21(22)24-13-12-15-8-6-11-18(14-15)20(26)23-3;/h6-11,14H,4-5,12-13H2,1-3H3,(H,23,26)(H3,22,24,25);1H. The molecule has 5 nitrogen and oxygen atoms in total. The van der Waals surface area contributed by atoms with Crippen molar-refractivity contribution in [1.29, 1.82) is 0 Å². The molecule has 146 valence electrons. The van der Waals surface area contributed by atoms with Crippen LogP contribution in [0.1, 0.15) is 40.9 Å². The SMILES string of the molecule is CCc1cccc(CC)c1NC(N)=NCCc1cccc(C(=O)NC)c1.I. The van der Waals surface area contributed by atoms with Gasteiger partial charge in [-0.3, -0.25) is 9.79 Å². The van der Waals surface area contributed by atoms with Crippen molar-refractivity contribution in [1.82, 2.24) is 5.32 Å². The highest BCUT2D eigenvalue weighted by Gasteiger charge is 2.07. The molecule has 0 atom stereocenters. The lowest BCUT2D eigenvalue weighted by Crippen LogP contribution is -2.24. The Morgan fingerprint density at radius 2 is 1.70 bits per heavy atom. The van der Waals surface area contributed by atoms with Gasteiger partial charge in [0.1, 0.15) is 0 Å². The fourth-order valence-corrected chi connectivity index (χ4v) is 2.89. The van der Waals surface area contributed by atoms with Crippen molar-refractivity contribution in [2.45, 2.75) is 33.1 Å². The van der Waals surface area contributed by atoms with Gasteiger partial charge in [0.05, 0.1) is 0 Å². The van der Waals surface area contributed by atoms with Crippen molar-refractivity contribution in [2.75, 3.05) is 18.9 Å². The molecule has 0 aliphatic heterocycles. The van der Waals surface area contributed by atoms with Crippen molar-refractivity contribution in [3.63, 3.8) is 0 Å². The number of guanidine groups is 1. The Morgan fingerprint density at radius 3 is 2.30 bits per heavy atom. The van der Waals surface area contributed by atoms with E-state index >= 15 is 0 Å². The van der Waals surface area contributed by atoms with Gasteiger partial charge < -0.3 is 16.4 Å². The third kappa shape index (κ3) is 6.53. The molecule has 0 aliphatic carbocycles. The zero-order valence-corrected chi connectivity index (χ0v) is 18.5. The number of para-hydroxylation sites is 1. The average Bonchev–Trinajstić information content (AvgIpc) is 2.67. The smallest absolute Gasteiger partial charge is 0.251 e. The van der Waals surface area contributed by atoms with E-state index in [1.807, 2.05) is 18.2 Å². The molecule has 0 spiro atoms. The molecule has 0 aliphatic rings. The number of nitrogens with zero attached hydrogens (tertiary/aromatic N) is 1. The summed E-state index contributed by atoms with van der Waals surface area (Å²) < 4.78 is 0. The highest BCUT2D eigenvalue weighted by atomic mass is 127. The maximum absolute atomic E-state index is 11.7. The number of benzene rings is 2. The van der Waals surface area contributed by atoms with Gasteiger partial charge in [-0.2, -0.15) is 0 Å². The molecule has 4 N–H and O–H groups in total. The van der Waals surface area contributed by atoms with E-state index in [4.69, 9.17) is 5.73 Å². The number of hydrogen-bond acceptors (Lipinski definition) is 2. The first-order valence-corrected chi connectivity index (χ1v) is 9.07. The number of rotatable bonds is 7. The number of aliphatic imine (C=N–C) groups is 1. The van der Waals surface area contributed by atoms with Crippen LogP contribution < -0.4 is 16.4 Å². The van der Waals surface area contributed by atoms with Crippen LogP contribution >= 0.6 is 24.0 Å². The summed E-state index contributed by atoms with van der Waals surface area (Å²) in [5.41, 5.74) is 11.4. The Morgan fingerprint density at radius 1 is 1.07 bits per heavy atom. The van der Waals surface area contributed by atoms with E-state index in [1.165, 1.54) is 11.1 Å². The maximum Gasteiger partial charge on any atom is 0.251 e. The quantitative estimate of drug-likeness (QED) is 0.321. The molecule has 0 radical (unpaired) electrons. The van der Waals surface area contributed by atoms with Crippen LogP contribution in [0.4, 0.5) is 5.69 Å². The molecule has 0 saturated heterocycles. The van der Waals surface area contributed by atoms with E-state index in [0.29, 0.717) is 18.1 Å². The first-order chi connectivity index (χ1) is 12.6. The summed E-state index contributed by atoms with van der Waals surface area (Å²) in [6, 6.07) is 13.9. The van der Waals surface area contributed by atoms with Crippen LogP contribution in [0.3, 0.4) is 0 Å². The molecule has 6 heteroatoms. The molecule has 0 aromatic heterocycles. The van der Waals surface area contributed by atoms with Gasteiger partial charge in [0, 0.05) is 24.8 Å². The zero-order valence-electron chi connectivity index (χ0n) is 16.2. The summed E-state index contributed by atoms with van der Waals surface area (Å²) >= 11 is 0. The van der Waals surface area contributed by atoms with Gasteiger partial charge in [0.25, 0.3) is 5.91 Å². The molecule has 0 fully saturated rings. The highest BCUT2D eigenvalue weighted by Crippen LogP contribution is 2.22. The van der Waals surface area contributed by atoms with Crippen molar-refractivity contribution in [3.8, 4) is 0 Å². The Labute approximate surface area is 178 Å². The van der Waals surface area contributed by atoms with E-state index < -0.39 is 0 Å². The number of nitrogens with two attached hydrogens (primary N) is 1. The van der Waals surface area contributed by atoms with Crippen LogP contribution in [0.2, 0.25) is 0 Å². The van der Waals surface area contributed by atoms with Gasteiger partial charge in [0.2, 0.25) is 0 Å². The molecule has 2 aromatic rings. The molecule has 27 heavy (non-hydrogen) atoms. The lowest BCUT2D eigenvalue weighted by Gasteiger charge is -2.14.